The molecule has 18 heavy (non-hydrogen) atoms. The van der Waals surface area contributed by atoms with E-state index in [1.807, 2.05) is 0 Å². The van der Waals surface area contributed by atoms with Crippen LogP contribution in [0, 0.1) is 13.8 Å². The number of aryl methyl sites for hydroxylation is 2. The van der Waals surface area contributed by atoms with Gasteiger partial charge in [-0.05, 0) is 34.6 Å². The summed E-state index contributed by atoms with van der Waals surface area (Å²) < 4.78 is 27.0. The van der Waals surface area contributed by atoms with Crippen LogP contribution in [0.5, 0.6) is 0 Å². The molecule has 1 aromatic heterocycles. The fourth-order valence-corrected chi connectivity index (χ4v) is 4.95. The second kappa shape index (κ2) is 4.64. The summed E-state index contributed by atoms with van der Waals surface area (Å²) in [5, 5.41) is 9.14. The predicted octanol–water partition coefficient (Wildman–Crippen LogP) is 2.14. The number of carboxylic acid groups (broad SMARTS) is 1. The van der Waals surface area contributed by atoms with Gasteiger partial charge in [0.1, 0.15) is 4.90 Å². The molecule has 0 bridgehead atoms. The summed E-state index contributed by atoms with van der Waals surface area (Å²) in [6.45, 7) is 8.34. The average molecular weight is 291 g/mol. The lowest BCUT2D eigenvalue weighted by Gasteiger charge is -2.20. The first-order chi connectivity index (χ1) is 7.96. The number of rotatable bonds is 3. The molecular formula is C11H17NO4S2. The van der Waals surface area contributed by atoms with Crippen molar-refractivity contribution in [2.75, 3.05) is 0 Å². The second-order valence-corrected chi connectivity index (χ2v) is 8.13. The van der Waals surface area contributed by atoms with E-state index in [1.165, 1.54) is 11.3 Å². The van der Waals surface area contributed by atoms with Crippen LogP contribution in [0.4, 0.5) is 0 Å². The topological polar surface area (TPSA) is 83.5 Å². The first kappa shape index (κ1) is 15.1. The maximum absolute atomic E-state index is 12.2. The number of hydrogen-bond acceptors (Lipinski definition) is 4. The van der Waals surface area contributed by atoms with Gasteiger partial charge in [-0.15, -0.1) is 11.3 Å². The zero-order valence-electron chi connectivity index (χ0n) is 11.0. The molecule has 5 nitrogen and oxygen atoms in total. The number of sulfonamides is 1. The van der Waals surface area contributed by atoms with E-state index >= 15 is 0 Å². The highest BCUT2D eigenvalue weighted by atomic mass is 32.2. The Balaban J connectivity index is 3.47. The van der Waals surface area contributed by atoms with Gasteiger partial charge in [0.2, 0.25) is 10.0 Å². The van der Waals surface area contributed by atoms with Gasteiger partial charge in [0.15, 0.2) is 0 Å². The highest BCUT2D eigenvalue weighted by molar-refractivity contribution is 7.89. The zero-order valence-corrected chi connectivity index (χ0v) is 12.6. The molecule has 0 radical (unpaired) electrons. The van der Waals surface area contributed by atoms with Crippen LogP contribution >= 0.6 is 11.3 Å². The number of carboxylic acids is 1. The molecule has 102 valence electrons. The standard InChI is InChI=1S/C11H17NO4S2/c1-6-8(10(13)14)9(7(2)17-6)18(15,16)12-11(3,4)5/h12H,1-5H3,(H,13,14). The largest absolute Gasteiger partial charge is 0.478 e. The summed E-state index contributed by atoms with van der Waals surface area (Å²) >= 11 is 1.18. The van der Waals surface area contributed by atoms with E-state index in [1.54, 1.807) is 34.6 Å². The number of thiophene rings is 1. The van der Waals surface area contributed by atoms with E-state index in [0.717, 1.165) is 0 Å². The molecule has 0 aromatic carbocycles. The van der Waals surface area contributed by atoms with Crippen molar-refractivity contribution in [2.24, 2.45) is 0 Å². The maximum Gasteiger partial charge on any atom is 0.338 e. The van der Waals surface area contributed by atoms with Crippen molar-refractivity contribution in [3.8, 4) is 0 Å². The van der Waals surface area contributed by atoms with Crippen molar-refractivity contribution in [3.63, 3.8) is 0 Å². The van der Waals surface area contributed by atoms with E-state index in [4.69, 9.17) is 5.11 Å². The van der Waals surface area contributed by atoms with Crippen LogP contribution in [0.1, 0.15) is 40.9 Å². The van der Waals surface area contributed by atoms with Gasteiger partial charge in [-0.3, -0.25) is 0 Å². The molecule has 7 heteroatoms. The zero-order chi connectivity index (χ0) is 14.3. The van der Waals surface area contributed by atoms with Crippen LogP contribution in [0.25, 0.3) is 0 Å². The molecule has 0 aliphatic carbocycles. The molecule has 0 saturated heterocycles. The smallest absolute Gasteiger partial charge is 0.338 e. The van der Waals surface area contributed by atoms with Crippen molar-refractivity contribution in [1.82, 2.24) is 4.72 Å². The Kier molecular flexibility index (Phi) is 3.90. The van der Waals surface area contributed by atoms with Gasteiger partial charge in [-0.25, -0.2) is 17.9 Å². The highest BCUT2D eigenvalue weighted by Crippen LogP contribution is 2.31. The first-order valence-electron chi connectivity index (χ1n) is 5.33. The van der Waals surface area contributed by atoms with E-state index in [2.05, 4.69) is 4.72 Å². The Hall–Kier alpha value is -0.920. The molecule has 2 N–H and O–H groups in total. The third-order valence-corrected chi connectivity index (χ3v) is 5.21. The minimum absolute atomic E-state index is 0.118. The molecule has 0 atom stereocenters. The van der Waals surface area contributed by atoms with E-state index in [0.29, 0.717) is 9.75 Å². The van der Waals surface area contributed by atoms with Crippen molar-refractivity contribution in [2.45, 2.75) is 45.1 Å². The maximum atomic E-state index is 12.2. The summed E-state index contributed by atoms with van der Waals surface area (Å²) in [5.74, 6) is -1.22. The normalized spacial score (nSPS) is 12.7. The average Bonchev–Trinajstić information content (AvgIpc) is 2.36. The van der Waals surface area contributed by atoms with E-state index in [-0.39, 0.29) is 10.5 Å². The lowest BCUT2D eigenvalue weighted by atomic mass is 10.1. The Labute approximate surface area is 111 Å². The molecule has 0 amide bonds. The molecule has 0 aliphatic rings. The lowest BCUT2D eigenvalue weighted by Crippen LogP contribution is -2.41. The number of carbonyl (C=O) groups is 1. The van der Waals surface area contributed by atoms with Gasteiger partial charge in [-0.1, -0.05) is 0 Å². The molecule has 1 rings (SSSR count). The van der Waals surface area contributed by atoms with Crippen molar-refractivity contribution < 1.29 is 18.3 Å². The quantitative estimate of drug-likeness (QED) is 0.893. The van der Waals surface area contributed by atoms with Crippen LogP contribution < -0.4 is 4.72 Å². The summed E-state index contributed by atoms with van der Waals surface area (Å²) in [4.78, 5) is 12.0. The molecule has 0 aliphatic heterocycles. The second-order valence-electron chi connectivity index (χ2n) is 5.08. The number of aromatic carboxylic acids is 1. The Morgan fingerprint density at radius 2 is 1.72 bits per heavy atom. The Bertz CT molecular complexity index is 579. The molecular weight excluding hydrogens is 274 g/mol. The Morgan fingerprint density at radius 3 is 2.11 bits per heavy atom. The van der Waals surface area contributed by atoms with Gasteiger partial charge in [0.25, 0.3) is 0 Å². The minimum Gasteiger partial charge on any atom is -0.478 e. The van der Waals surface area contributed by atoms with Gasteiger partial charge in [0, 0.05) is 15.3 Å². The molecule has 1 heterocycles. The van der Waals surface area contributed by atoms with Crippen molar-refractivity contribution in [3.05, 3.63) is 15.3 Å². The van der Waals surface area contributed by atoms with Crippen LogP contribution in [-0.4, -0.2) is 25.0 Å². The molecule has 1 aromatic rings. The molecule has 0 unspecified atom stereocenters. The monoisotopic (exact) mass is 291 g/mol. The van der Waals surface area contributed by atoms with Crippen LogP contribution in [0.2, 0.25) is 0 Å². The van der Waals surface area contributed by atoms with Crippen LogP contribution in [0.3, 0.4) is 0 Å². The number of hydrogen-bond donors (Lipinski definition) is 2. The summed E-state index contributed by atoms with van der Waals surface area (Å²) in [6, 6.07) is 0. The fourth-order valence-electron chi connectivity index (χ4n) is 1.69. The highest BCUT2D eigenvalue weighted by Gasteiger charge is 2.31. The van der Waals surface area contributed by atoms with Gasteiger partial charge in [0.05, 0.1) is 5.56 Å². The third kappa shape index (κ3) is 3.09. The summed E-state index contributed by atoms with van der Waals surface area (Å²) in [6.07, 6.45) is 0. The molecule has 0 saturated carbocycles. The predicted molar refractivity (Wildman–Crippen MR) is 70.8 cm³/mol. The lowest BCUT2D eigenvalue weighted by molar-refractivity contribution is 0.0692. The van der Waals surface area contributed by atoms with Gasteiger partial charge < -0.3 is 5.11 Å². The van der Waals surface area contributed by atoms with Crippen LogP contribution in [0.15, 0.2) is 4.90 Å². The molecule has 0 spiro atoms. The Morgan fingerprint density at radius 1 is 1.22 bits per heavy atom. The summed E-state index contributed by atoms with van der Waals surface area (Å²) in [7, 11) is -3.82. The molecule has 0 fully saturated rings. The van der Waals surface area contributed by atoms with Gasteiger partial charge >= 0.3 is 5.97 Å². The fraction of sp³-hybridized carbons (Fsp3) is 0.545. The number of nitrogens with one attached hydrogen (secondary N) is 1. The summed E-state index contributed by atoms with van der Waals surface area (Å²) in [5.41, 5.74) is -0.786. The van der Waals surface area contributed by atoms with Crippen LogP contribution in [-0.2, 0) is 10.0 Å². The van der Waals surface area contributed by atoms with Gasteiger partial charge in [-0.2, -0.15) is 0 Å². The minimum atomic E-state index is -3.82. The SMILES string of the molecule is Cc1sc(C)c(S(=O)(=O)NC(C)(C)C)c1C(=O)O. The van der Waals surface area contributed by atoms with E-state index < -0.39 is 21.5 Å². The van der Waals surface area contributed by atoms with Crippen molar-refractivity contribution in [1.29, 1.82) is 0 Å². The van der Waals surface area contributed by atoms with Crippen molar-refractivity contribution >= 4 is 27.3 Å². The van der Waals surface area contributed by atoms with E-state index in [9.17, 15) is 13.2 Å². The third-order valence-electron chi connectivity index (χ3n) is 2.13. The first-order valence-corrected chi connectivity index (χ1v) is 7.63.